The van der Waals surface area contributed by atoms with Crippen molar-refractivity contribution in [2.75, 3.05) is 0 Å². The zero-order valence-electron chi connectivity index (χ0n) is 33.1. The van der Waals surface area contributed by atoms with Crippen molar-refractivity contribution >= 4 is 39.4 Å². The molecule has 1 spiro atoms. The first-order chi connectivity index (χ1) is 30.2. The number of hydrogen-bond donors (Lipinski definition) is 0. The second-order valence-electron chi connectivity index (χ2n) is 16.4. The van der Waals surface area contributed by atoms with E-state index < -0.39 is 5.41 Å². The Morgan fingerprint density at radius 1 is 0.426 bits per heavy atom. The Morgan fingerprint density at radius 3 is 1.89 bits per heavy atom. The molecule has 0 N–H and O–H groups in total. The van der Waals surface area contributed by atoms with Crippen molar-refractivity contribution in [3.8, 4) is 56.2 Å². The molecular formula is C58H36N2S. The summed E-state index contributed by atoms with van der Waals surface area (Å²) in [6.07, 6.45) is 5.47. The summed E-state index contributed by atoms with van der Waals surface area (Å²) in [4.78, 5) is 13.5. The molecule has 0 radical (unpaired) electrons. The Morgan fingerprint density at radius 2 is 1.05 bits per heavy atom. The minimum absolute atomic E-state index is 0.471. The third-order valence-electron chi connectivity index (χ3n) is 13.1. The van der Waals surface area contributed by atoms with Gasteiger partial charge in [0.1, 0.15) is 0 Å². The Kier molecular flexibility index (Phi) is 7.55. The Bertz CT molecular complexity index is 3440. The van der Waals surface area contributed by atoms with Crippen molar-refractivity contribution in [3.63, 3.8) is 0 Å². The van der Waals surface area contributed by atoms with Gasteiger partial charge in [0.25, 0.3) is 0 Å². The van der Waals surface area contributed by atoms with Crippen LogP contribution >= 0.6 is 11.8 Å². The number of benzene rings is 9. The molecule has 2 heterocycles. The van der Waals surface area contributed by atoms with Crippen LogP contribution in [0.1, 0.15) is 33.4 Å². The molecule has 0 bridgehead atoms. The fourth-order valence-electron chi connectivity index (χ4n) is 10.5. The summed E-state index contributed by atoms with van der Waals surface area (Å²) in [5, 5.41) is 5.03. The van der Waals surface area contributed by atoms with Crippen LogP contribution in [0, 0.1) is 0 Å². The molecule has 284 valence electrons. The first-order valence-corrected chi connectivity index (χ1v) is 21.8. The van der Waals surface area contributed by atoms with Gasteiger partial charge in [-0.2, -0.15) is 0 Å². The average molecular weight is 793 g/mol. The molecule has 0 saturated carbocycles. The molecular weight excluding hydrogens is 757 g/mol. The molecule has 3 heteroatoms. The van der Waals surface area contributed by atoms with E-state index in [9.17, 15) is 0 Å². The average Bonchev–Trinajstić information content (AvgIpc) is 3.61. The number of nitrogens with zero attached hydrogens (tertiary/aromatic N) is 2. The van der Waals surface area contributed by atoms with E-state index >= 15 is 0 Å². The van der Waals surface area contributed by atoms with Crippen LogP contribution in [0.4, 0.5) is 0 Å². The van der Waals surface area contributed by atoms with Crippen molar-refractivity contribution in [3.05, 3.63) is 234 Å². The minimum atomic E-state index is -0.471. The maximum Gasteiger partial charge on any atom is 0.160 e. The van der Waals surface area contributed by atoms with E-state index in [0.29, 0.717) is 0 Å². The zero-order valence-corrected chi connectivity index (χ0v) is 34.0. The fourth-order valence-corrected chi connectivity index (χ4v) is 11.7. The monoisotopic (exact) mass is 792 g/mol. The van der Waals surface area contributed by atoms with E-state index in [-0.39, 0.29) is 0 Å². The molecule has 0 saturated heterocycles. The summed E-state index contributed by atoms with van der Waals surface area (Å²) in [5.41, 5.74) is 17.3. The van der Waals surface area contributed by atoms with Gasteiger partial charge in [-0.1, -0.05) is 182 Å². The SMILES string of the molecule is C1=Cc2cc(-c3nc(-c4ccc(-c5cccc6ccccc56)cc4)cc(-c4ccc5c(c4)C4(c6ccccc6Sc6ccccc64)c4ccccc4-5)n3)cc3cccc(c23)C1. The Labute approximate surface area is 359 Å². The molecule has 1 aromatic heterocycles. The van der Waals surface area contributed by atoms with Gasteiger partial charge >= 0.3 is 0 Å². The largest absolute Gasteiger partial charge is 0.228 e. The standard InChI is InChI=1S/C58H36N2S/c1-2-18-44-36(12-1)13-11-20-45(44)37-26-28-38(29-27-37)52-35-53(60-57(59-52)43-32-41-16-9-14-39-15-10-17-42(33-43)56(39)41)40-30-31-47-46-19-3-4-21-48(46)58(51(47)34-40)49-22-5-7-24-54(49)61-55-25-8-6-23-50(55)58/h1-14,16-35H,15H2. The molecule has 13 rings (SSSR count). The second-order valence-corrected chi connectivity index (χ2v) is 17.5. The number of aromatic nitrogens is 2. The molecule has 2 nitrogen and oxygen atoms in total. The van der Waals surface area contributed by atoms with E-state index in [0.717, 1.165) is 40.3 Å². The van der Waals surface area contributed by atoms with Crippen molar-refractivity contribution in [2.24, 2.45) is 0 Å². The third kappa shape index (κ3) is 5.17. The lowest BCUT2D eigenvalue weighted by molar-refractivity contribution is 0.722. The van der Waals surface area contributed by atoms with Crippen molar-refractivity contribution in [1.29, 1.82) is 0 Å². The molecule has 0 amide bonds. The molecule has 1 aliphatic heterocycles. The summed E-state index contributed by atoms with van der Waals surface area (Å²) in [6.45, 7) is 0. The van der Waals surface area contributed by atoms with Gasteiger partial charge in [0.2, 0.25) is 0 Å². The van der Waals surface area contributed by atoms with Crippen molar-refractivity contribution < 1.29 is 0 Å². The zero-order chi connectivity index (χ0) is 40.1. The van der Waals surface area contributed by atoms with E-state index in [1.807, 2.05) is 11.8 Å². The number of rotatable bonds is 4. The maximum absolute atomic E-state index is 5.48. The van der Waals surface area contributed by atoms with Crippen LogP contribution in [0.15, 0.2) is 210 Å². The molecule has 0 unspecified atom stereocenters. The summed E-state index contributed by atoms with van der Waals surface area (Å²) in [6, 6.07) is 71.4. The number of hydrogen-bond acceptors (Lipinski definition) is 3. The van der Waals surface area contributed by atoms with Crippen molar-refractivity contribution in [1.82, 2.24) is 9.97 Å². The molecule has 61 heavy (non-hydrogen) atoms. The summed E-state index contributed by atoms with van der Waals surface area (Å²) in [7, 11) is 0. The molecule has 2 aliphatic carbocycles. The van der Waals surface area contributed by atoms with Crippen LogP contribution < -0.4 is 0 Å². The van der Waals surface area contributed by atoms with Crippen LogP contribution in [-0.2, 0) is 11.8 Å². The van der Waals surface area contributed by atoms with E-state index in [4.69, 9.17) is 9.97 Å². The molecule has 0 fully saturated rings. The first kappa shape index (κ1) is 34.5. The van der Waals surface area contributed by atoms with Crippen molar-refractivity contribution in [2.45, 2.75) is 21.6 Å². The van der Waals surface area contributed by atoms with Gasteiger partial charge in [-0.25, -0.2) is 9.97 Å². The van der Waals surface area contributed by atoms with Gasteiger partial charge in [-0.15, -0.1) is 0 Å². The van der Waals surface area contributed by atoms with Gasteiger partial charge in [0, 0.05) is 26.5 Å². The van der Waals surface area contributed by atoms with Crippen LogP contribution in [-0.4, -0.2) is 9.97 Å². The highest BCUT2D eigenvalue weighted by Gasteiger charge is 2.50. The van der Waals surface area contributed by atoms with Gasteiger partial charge in [0.15, 0.2) is 5.82 Å². The normalized spacial score (nSPS) is 13.8. The third-order valence-corrected chi connectivity index (χ3v) is 14.3. The maximum atomic E-state index is 5.48. The quantitative estimate of drug-likeness (QED) is 0.178. The van der Waals surface area contributed by atoms with Gasteiger partial charge < -0.3 is 0 Å². The molecule has 10 aromatic rings. The summed E-state index contributed by atoms with van der Waals surface area (Å²) in [5.74, 6) is 0.719. The smallest absolute Gasteiger partial charge is 0.160 e. The summed E-state index contributed by atoms with van der Waals surface area (Å²) >= 11 is 1.88. The van der Waals surface area contributed by atoms with Crippen LogP contribution in [0.25, 0.3) is 83.8 Å². The van der Waals surface area contributed by atoms with E-state index in [1.54, 1.807) is 0 Å². The predicted molar refractivity (Wildman–Crippen MR) is 253 cm³/mol. The lowest BCUT2D eigenvalue weighted by atomic mass is 9.67. The van der Waals surface area contributed by atoms with Gasteiger partial charge in [-0.05, 0) is 120 Å². The Balaban J connectivity index is 1.03. The molecule has 0 atom stereocenters. The van der Waals surface area contributed by atoms with Gasteiger partial charge in [-0.3, -0.25) is 0 Å². The molecule has 3 aliphatic rings. The van der Waals surface area contributed by atoms with Crippen LogP contribution in [0.5, 0.6) is 0 Å². The fraction of sp³-hybridized carbons (Fsp3) is 0.0345. The lowest BCUT2D eigenvalue weighted by Crippen LogP contribution is -2.31. The topological polar surface area (TPSA) is 25.8 Å². The van der Waals surface area contributed by atoms with Gasteiger partial charge in [0.05, 0.1) is 16.8 Å². The minimum Gasteiger partial charge on any atom is -0.228 e. The molecule has 9 aromatic carbocycles. The highest BCUT2D eigenvalue weighted by molar-refractivity contribution is 7.99. The predicted octanol–water partition coefficient (Wildman–Crippen LogP) is 14.8. The number of allylic oxidation sites excluding steroid dienone is 1. The first-order valence-electron chi connectivity index (χ1n) is 21.0. The van der Waals surface area contributed by atoms with Crippen LogP contribution in [0.2, 0.25) is 0 Å². The summed E-state index contributed by atoms with van der Waals surface area (Å²) < 4.78 is 0. The van der Waals surface area contributed by atoms with E-state index in [1.165, 1.54) is 87.0 Å². The lowest BCUT2D eigenvalue weighted by Gasteiger charge is -2.39. The highest BCUT2D eigenvalue weighted by Crippen LogP contribution is 2.62. The number of fused-ring (bicyclic) bond motifs is 10. The Hall–Kier alpha value is -7.33. The second kappa shape index (κ2) is 13.3. The van der Waals surface area contributed by atoms with E-state index in [2.05, 4.69) is 206 Å². The van der Waals surface area contributed by atoms with Crippen LogP contribution in [0.3, 0.4) is 0 Å². The highest BCUT2D eigenvalue weighted by atomic mass is 32.2.